The van der Waals surface area contributed by atoms with Gasteiger partial charge >= 0.3 is 0 Å². The van der Waals surface area contributed by atoms with E-state index in [1.165, 1.54) is 20.2 Å². The Kier molecular flexibility index (Phi) is 6.27. The first-order chi connectivity index (χ1) is 13.3. The van der Waals surface area contributed by atoms with Crippen molar-refractivity contribution in [3.8, 4) is 0 Å². The summed E-state index contributed by atoms with van der Waals surface area (Å²) in [4.78, 5) is 15.2. The van der Waals surface area contributed by atoms with E-state index in [9.17, 15) is 13.2 Å². The fourth-order valence-electron chi connectivity index (χ4n) is 3.23. The molecule has 1 amide bonds. The Morgan fingerprint density at radius 3 is 2.50 bits per heavy atom. The highest BCUT2D eigenvalue weighted by Crippen LogP contribution is 2.28. The Morgan fingerprint density at radius 2 is 1.86 bits per heavy atom. The molecule has 0 radical (unpaired) electrons. The smallest absolute Gasteiger partial charge is 0.253 e. The van der Waals surface area contributed by atoms with Crippen molar-refractivity contribution in [2.75, 3.05) is 32.1 Å². The average Bonchev–Trinajstić information content (AvgIpc) is 3.20. The number of nitrogens with zero attached hydrogens (tertiary/aromatic N) is 2. The lowest BCUT2D eigenvalue weighted by Gasteiger charge is -2.22. The van der Waals surface area contributed by atoms with Crippen molar-refractivity contribution in [2.45, 2.75) is 24.3 Å². The predicted molar refractivity (Wildman–Crippen MR) is 111 cm³/mol. The highest BCUT2D eigenvalue weighted by atomic mass is 35.5. The van der Waals surface area contributed by atoms with Gasteiger partial charge in [-0.2, -0.15) is 0 Å². The molecule has 1 saturated heterocycles. The molecule has 28 heavy (non-hydrogen) atoms. The minimum absolute atomic E-state index is 0.105. The minimum Gasteiger partial charge on any atom is -0.371 e. The third-order valence-corrected chi connectivity index (χ3v) is 6.83. The largest absolute Gasteiger partial charge is 0.371 e. The van der Waals surface area contributed by atoms with Crippen LogP contribution < -0.4 is 10.2 Å². The van der Waals surface area contributed by atoms with Gasteiger partial charge in [0.1, 0.15) is 0 Å². The van der Waals surface area contributed by atoms with Gasteiger partial charge in [0.05, 0.1) is 10.5 Å². The van der Waals surface area contributed by atoms with Gasteiger partial charge in [-0.05, 0) is 48.7 Å². The molecule has 2 aromatic carbocycles. The first-order valence-corrected chi connectivity index (χ1v) is 10.9. The first-order valence-electron chi connectivity index (χ1n) is 9.13. The van der Waals surface area contributed by atoms with Crippen LogP contribution in [0.3, 0.4) is 0 Å². The second-order valence-electron chi connectivity index (χ2n) is 6.97. The Balaban J connectivity index is 1.92. The van der Waals surface area contributed by atoms with Crippen molar-refractivity contribution in [2.24, 2.45) is 0 Å². The van der Waals surface area contributed by atoms with Crippen LogP contribution in [0.2, 0.25) is 5.02 Å². The first kappa shape index (κ1) is 20.6. The molecule has 0 unspecified atom stereocenters. The Labute approximate surface area is 171 Å². The zero-order valence-electron chi connectivity index (χ0n) is 16.0. The highest BCUT2D eigenvalue weighted by Gasteiger charge is 2.24. The molecule has 0 bridgehead atoms. The maximum absolute atomic E-state index is 13.0. The number of sulfonamides is 1. The van der Waals surface area contributed by atoms with E-state index >= 15 is 0 Å². The molecular weight excluding hydrogens is 398 g/mol. The second-order valence-corrected chi connectivity index (χ2v) is 9.56. The van der Waals surface area contributed by atoms with Crippen LogP contribution in [0.15, 0.2) is 47.4 Å². The summed E-state index contributed by atoms with van der Waals surface area (Å²) in [5.74, 6) is -0.308. The molecule has 3 rings (SSSR count). The van der Waals surface area contributed by atoms with E-state index < -0.39 is 10.0 Å². The van der Waals surface area contributed by atoms with E-state index in [1.807, 2.05) is 12.1 Å². The molecule has 0 saturated carbocycles. The molecule has 0 spiro atoms. The standard InChI is InChI=1S/C20H24ClN3O3S/c1-23(2)28(26,27)17-8-9-19(24-10-3-4-11-24)18(13-17)20(25)22-14-15-6-5-7-16(21)12-15/h5-9,12-13H,3-4,10-11,14H2,1-2H3,(H,22,25). The Morgan fingerprint density at radius 1 is 1.14 bits per heavy atom. The molecule has 2 aromatic rings. The summed E-state index contributed by atoms with van der Waals surface area (Å²) >= 11 is 6.00. The molecule has 0 atom stereocenters. The van der Waals surface area contributed by atoms with E-state index in [0.29, 0.717) is 17.1 Å². The van der Waals surface area contributed by atoms with E-state index in [4.69, 9.17) is 11.6 Å². The van der Waals surface area contributed by atoms with Crippen LogP contribution in [0.25, 0.3) is 0 Å². The molecule has 150 valence electrons. The zero-order valence-corrected chi connectivity index (χ0v) is 17.6. The molecule has 1 fully saturated rings. The van der Waals surface area contributed by atoms with Gasteiger partial charge in [0.15, 0.2) is 0 Å². The summed E-state index contributed by atoms with van der Waals surface area (Å²) in [6, 6.07) is 12.0. The van der Waals surface area contributed by atoms with Crippen LogP contribution in [0.1, 0.15) is 28.8 Å². The van der Waals surface area contributed by atoms with Gasteiger partial charge in [-0.25, -0.2) is 12.7 Å². The van der Waals surface area contributed by atoms with Gasteiger partial charge in [0.25, 0.3) is 5.91 Å². The fraction of sp³-hybridized carbons (Fsp3) is 0.350. The van der Waals surface area contributed by atoms with Gasteiger partial charge in [0.2, 0.25) is 10.0 Å². The number of hydrogen-bond donors (Lipinski definition) is 1. The molecule has 1 N–H and O–H groups in total. The molecule has 8 heteroatoms. The summed E-state index contributed by atoms with van der Waals surface area (Å²) in [5, 5.41) is 3.48. The molecular formula is C20H24ClN3O3S. The quantitative estimate of drug-likeness (QED) is 0.778. The topological polar surface area (TPSA) is 69.7 Å². The molecule has 1 aliphatic rings. The summed E-state index contributed by atoms with van der Waals surface area (Å²) in [6.45, 7) is 2.02. The predicted octanol–water partition coefficient (Wildman–Crippen LogP) is 3.12. The van der Waals surface area contributed by atoms with Crippen LogP contribution in [0.4, 0.5) is 5.69 Å². The lowest BCUT2D eigenvalue weighted by atomic mass is 10.1. The monoisotopic (exact) mass is 421 g/mol. The number of anilines is 1. The third kappa shape index (κ3) is 4.48. The van der Waals surface area contributed by atoms with Crippen LogP contribution in [0, 0.1) is 0 Å². The van der Waals surface area contributed by atoms with E-state index in [1.54, 1.807) is 24.3 Å². The van der Waals surface area contributed by atoms with E-state index in [-0.39, 0.29) is 10.8 Å². The van der Waals surface area contributed by atoms with Gasteiger partial charge in [-0.3, -0.25) is 4.79 Å². The number of halogens is 1. The van der Waals surface area contributed by atoms with Crippen molar-refractivity contribution in [1.29, 1.82) is 0 Å². The van der Waals surface area contributed by atoms with Gasteiger partial charge in [-0.15, -0.1) is 0 Å². The number of amides is 1. The van der Waals surface area contributed by atoms with Crippen LogP contribution in [-0.4, -0.2) is 45.8 Å². The Bertz CT molecular complexity index is 970. The number of carbonyl (C=O) groups is 1. The SMILES string of the molecule is CN(C)S(=O)(=O)c1ccc(N2CCCC2)c(C(=O)NCc2cccc(Cl)c2)c1. The second kappa shape index (κ2) is 8.51. The molecule has 0 aromatic heterocycles. The van der Waals surface area contributed by atoms with Crippen LogP contribution >= 0.6 is 11.6 Å². The summed E-state index contributed by atoms with van der Waals surface area (Å²) in [7, 11) is -0.679. The zero-order chi connectivity index (χ0) is 20.3. The highest BCUT2D eigenvalue weighted by molar-refractivity contribution is 7.89. The van der Waals surface area contributed by atoms with Crippen LogP contribution in [0.5, 0.6) is 0 Å². The molecule has 6 nitrogen and oxygen atoms in total. The minimum atomic E-state index is -3.63. The summed E-state index contributed by atoms with van der Waals surface area (Å²) in [5.41, 5.74) is 2.01. The summed E-state index contributed by atoms with van der Waals surface area (Å²) in [6.07, 6.45) is 2.11. The number of hydrogen-bond acceptors (Lipinski definition) is 4. The number of carbonyl (C=O) groups excluding carboxylic acids is 1. The number of benzene rings is 2. The van der Waals surface area contributed by atoms with Gasteiger partial charge in [-0.1, -0.05) is 23.7 Å². The fourth-order valence-corrected chi connectivity index (χ4v) is 4.37. The van der Waals surface area contributed by atoms with Crippen LogP contribution in [-0.2, 0) is 16.6 Å². The normalized spacial score (nSPS) is 14.5. The van der Waals surface area contributed by atoms with E-state index in [0.717, 1.165) is 41.5 Å². The van der Waals surface area contributed by atoms with Crippen molar-refractivity contribution >= 4 is 33.2 Å². The van der Waals surface area contributed by atoms with Crippen molar-refractivity contribution in [1.82, 2.24) is 9.62 Å². The van der Waals surface area contributed by atoms with Crippen molar-refractivity contribution < 1.29 is 13.2 Å². The van der Waals surface area contributed by atoms with Crippen molar-refractivity contribution in [3.05, 3.63) is 58.6 Å². The van der Waals surface area contributed by atoms with Gasteiger partial charge < -0.3 is 10.2 Å². The molecule has 1 heterocycles. The maximum Gasteiger partial charge on any atom is 0.253 e. The average molecular weight is 422 g/mol. The van der Waals surface area contributed by atoms with Gasteiger partial charge in [0, 0.05) is 44.4 Å². The lowest BCUT2D eigenvalue weighted by Crippen LogP contribution is -2.28. The summed E-state index contributed by atoms with van der Waals surface area (Å²) < 4.78 is 26.2. The van der Waals surface area contributed by atoms with Crippen molar-refractivity contribution in [3.63, 3.8) is 0 Å². The Hall–Kier alpha value is -2.09. The van der Waals surface area contributed by atoms with E-state index in [2.05, 4.69) is 10.2 Å². The molecule has 0 aliphatic carbocycles. The maximum atomic E-state index is 13.0. The number of rotatable bonds is 6. The third-order valence-electron chi connectivity index (χ3n) is 4.78. The molecule has 1 aliphatic heterocycles. The number of nitrogens with one attached hydrogen (secondary N) is 1. The lowest BCUT2D eigenvalue weighted by molar-refractivity contribution is 0.0951.